The Morgan fingerprint density at radius 2 is 1.69 bits per heavy atom. The van der Waals surface area contributed by atoms with E-state index in [9.17, 15) is 9.59 Å². The van der Waals surface area contributed by atoms with E-state index in [1.54, 1.807) is 0 Å². The fourth-order valence-corrected chi connectivity index (χ4v) is 1.04. The Labute approximate surface area is 73.6 Å². The standard InChI is InChI=1S/C8H8O5/c1-3-4(2)13-6(8(11)12)5(3)7(9)10/h1-2H3,(H,9,10)(H,11,12). The molecule has 1 rings (SSSR count). The summed E-state index contributed by atoms with van der Waals surface area (Å²) >= 11 is 0. The molecule has 13 heavy (non-hydrogen) atoms. The van der Waals surface area contributed by atoms with Crippen LogP contribution in [0.4, 0.5) is 0 Å². The van der Waals surface area contributed by atoms with Gasteiger partial charge in [-0.15, -0.1) is 0 Å². The van der Waals surface area contributed by atoms with Crippen LogP contribution in [0, 0.1) is 13.8 Å². The molecule has 70 valence electrons. The number of carbonyl (C=O) groups is 2. The van der Waals surface area contributed by atoms with E-state index in [-0.39, 0.29) is 5.56 Å². The van der Waals surface area contributed by atoms with Crippen molar-refractivity contribution in [3.63, 3.8) is 0 Å². The van der Waals surface area contributed by atoms with Crippen LogP contribution in [0.25, 0.3) is 0 Å². The van der Waals surface area contributed by atoms with Gasteiger partial charge in [0.2, 0.25) is 5.76 Å². The van der Waals surface area contributed by atoms with Gasteiger partial charge < -0.3 is 14.6 Å². The van der Waals surface area contributed by atoms with Crippen molar-refractivity contribution in [3.8, 4) is 0 Å². The minimum atomic E-state index is -1.37. The SMILES string of the molecule is Cc1oc(C(=O)O)c(C(=O)O)c1C. The molecule has 0 aliphatic rings. The maximum absolute atomic E-state index is 10.6. The predicted octanol–water partition coefficient (Wildman–Crippen LogP) is 1.29. The second kappa shape index (κ2) is 2.93. The van der Waals surface area contributed by atoms with Crippen molar-refractivity contribution in [2.24, 2.45) is 0 Å². The Hall–Kier alpha value is -1.78. The van der Waals surface area contributed by atoms with Gasteiger partial charge in [-0.3, -0.25) is 0 Å². The third kappa shape index (κ3) is 1.40. The maximum Gasteiger partial charge on any atom is 0.372 e. The molecule has 1 aromatic rings. The van der Waals surface area contributed by atoms with Gasteiger partial charge in [0.25, 0.3) is 0 Å². The Bertz CT molecular complexity index is 374. The zero-order valence-corrected chi connectivity index (χ0v) is 7.12. The Morgan fingerprint density at radius 1 is 1.15 bits per heavy atom. The molecule has 0 unspecified atom stereocenters. The van der Waals surface area contributed by atoms with Crippen LogP contribution in [0.3, 0.4) is 0 Å². The van der Waals surface area contributed by atoms with Crippen molar-refractivity contribution in [3.05, 3.63) is 22.6 Å². The summed E-state index contributed by atoms with van der Waals surface area (Å²) in [5.74, 6) is -2.85. The third-order valence-corrected chi connectivity index (χ3v) is 1.79. The highest BCUT2D eigenvalue weighted by atomic mass is 16.4. The van der Waals surface area contributed by atoms with Crippen LogP contribution in [-0.4, -0.2) is 22.2 Å². The lowest BCUT2D eigenvalue weighted by molar-refractivity contribution is 0.0624. The van der Waals surface area contributed by atoms with E-state index in [1.165, 1.54) is 13.8 Å². The van der Waals surface area contributed by atoms with Gasteiger partial charge in [0, 0.05) is 5.56 Å². The summed E-state index contributed by atoms with van der Waals surface area (Å²) in [5, 5.41) is 17.3. The van der Waals surface area contributed by atoms with Gasteiger partial charge in [0.1, 0.15) is 11.3 Å². The summed E-state index contributed by atoms with van der Waals surface area (Å²) in [4.78, 5) is 21.2. The Balaban J connectivity index is 3.44. The van der Waals surface area contributed by atoms with E-state index in [1.807, 2.05) is 0 Å². The third-order valence-electron chi connectivity index (χ3n) is 1.79. The van der Waals surface area contributed by atoms with Gasteiger partial charge in [-0.1, -0.05) is 0 Å². The van der Waals surface area contributed by atoms with Crippen LogP contribution in [0.5, 0.6) is 0 Å². The summed E-state index contributed by atoms with van der Waals surface area (Å²) in [6.07, 6.45) is 0. The minimum absolute atomic E-state index is 0.273. The maximum atomic E-state index is 10.6. The van der Waals surface area contributed by atoms with Gasteiger partial charge in [-0.05, 0) is 13.8 Å². The van der Waals surface area contributed by atoms with Crippen molar-refractivity contribution in [1.29, 1.82) is 0 Å². The fourth-order valence-electron chi connectivity index (χ4n) is 1.04. The number of carboxylic acids is 2. The van der Waals surface area contributed by atoms with E-state index in [0.29, 0.717) is 11.3 Å². The molecule has 5 nitrogen and oxygen atoms in total. The molecular weight excluding hydrogens is 176 g/mol. The van der Waals surface area contributed by atoms with E-state index in [2.05, 4.69) is 0 Å². The normalized spacial score (nSPS) is 10.0. The molecule has 1 aromatic heterocycles. The number of carboxylic acid groups (broad SMARTS) is 2. The van der Waals surface area contributed by atoms with E-state index < -0.39 is 17.7 Å². The highest BCUT2D eigenvalue weighted by Gasteiger charge is 2.25. The average Bonchev–Trinajstić information content (AvgIpc) is 2.28. The lowest BCUT2D eigenvalue weighted by atomic mass is 10.1. The number of hydrogen-bond donors (Lipinski definition) is 2. The second-order valence-electron chi connectivity index (χ2n) is 2.60. The van der Waals surface area contributed by atoms with Crippen molar-refractivity contribution < 1.29 is 24.2 Å². The van der Waals surface area contributed by atoms with Crippen molar-refractivity contribution >= 4 is 11.9 Å². The molecule has 5 heteroatoms. The van der Waals surface area contributed by atoms with Gasteiger partial charge in [0.15, 0.2) is 0 Å². The molecule has 0 bridgehead atoms. The van der Waals surface area contributed by atoms with Crippen LogP contribution in [0.15, 0.2) is 4.42 Å². The van der Waals surface area contributed by atoms with Crippen LogP contribution in [0.2, 0.25) is 0 Å². The van der Waals surface area contributed by atoms with Gasteiger partial charge in [-0.2, -0.15) is 0 Å². The molecule has 0 fully saturated rings. The zero-order valence-electron chi connectivity index (χ0n) is 7.12. The van der Waals surface area contributed by atoms with E-state index in [0.717, 1.165) is 0 Å². The number of hydrogen-bond acceptors (Lipinski definition) is 3. The molecule has 0 aliphatic carbocycles. The molecule has 0 atom stereocenters. The number of rotatable bonds is 2. The van der Waals surface area contributed by atoms with Gasteiger partial charge >= 0.3 is 11.9 Å². The molecule has 1 heterocycles. The van der Waals surface area contributed by atoms with Crippen molar-refractivity contribution in [2.45, 2.75) is 13.8 Å². The second-order valence-corrected chi connectivity index (χ2v) is 2.60. The van der Waals surface area contributed by atoms with Gasteiger partial charge in [-0.25, -0.2) is 9.59 Å². The molecule has 0 spiro atoms. The minimum Gasteiger partial charge on any atom is -0.478 e. The summed E-state index contributed by atoms with van der Waals surface area (Å²) in [6.45, 7) is 3.03. The Morgan fingerprint density at radius 3 is 2.00 bits per heavy atom. The highest BCUT2D eigenvalue weighted by Crippen LogP contribution is 2.21. The molecule has 0 saturated heterocycles. The van der Waals surface area contributed by atoms with Crippen LogP contribution >= 0.6 is 0 Å². The van der Waals surface area contributed by atoms with Crippen LogP contribution in [0.1, 0.15) is 32.2 Å². The largest absolute Gasteiger partial charge is 0.478 e. The summed E-state index contributed by atoms with van der Waals surface area (Å²) in [5.41, 5.74) is 0.0786. The van der Waals surface area contributed by atoms with E-state index in [4.69, 9.17) is 14.6 Å². The molecule has 0 aliphatic heterocycles. The lowest BCUT2D eigenvalue weighted by Crippen LogP contribution is -2.05. The first-order valence-electron chi connectivity index (χ1n) is 3.51. The topological polar surface area (TPSA) is 87.7 Å². The molecule has 0 saturated carbocycles. The number of aryl methyl sites for hydroxylation is 1. The molecule has 0 aromatic carbocycles. The molecule has 0 amide bonds. The first-order chi connectivity index (χ1) is 5.95. The van der Waals surface area contributed by atoms with Crippen LogP contribution in [-0.2, 0) is 0 Å². The van der Waals surface area contributed by atoms with Crippen LogP contribution < -0.4 is 0 Å². The lowest BCUT2D eigenvalue weighted by Gasteiger charge is -1.91. The monoisotopic (exact) mass is 184 g/mol. The summed E-state index contributed by atoms with van der Waals surface area (Å²) < 4.78 is 4.79. The first kappa shape index (κ1) is 9.31. The highest BCUT2D eigenvalue weighted by molar-refractivity contribution is 6.01. The predicted molar refractivity (Wildman–Crippen MR) is 42.1 cm³/mol. The summed E-state index contributed by atoms with van der Waals surface area (Å²) in [6, 6.07) is 0. The average molecular weight is 184 g/mol. The van der Waals surface area contributed by atoms with Crippen molar-refractivity contribution in [1.82, 2.24) is 0 Å². The summed E-state index contributed by atoms with van der Waals surface area (Å²) in [7, 11) is 0. The zero-order chi connectivity index (χ0) is 10.2. The first-order valence-corrected chi connectivity index (χ1v) is 3.51. The van der Waals surface area contributed by atoms with Gasteiger partial charge in [0.05, 0.1) is 0 Å². The Kier molecular flexibility index (Phi) is 2.10. The fraction of sp³-hybridized carbons (Fsp3) is 0.250. The molecular formula is C8H8O5. The number of furan rings is 1. The van der Waals surface area contributed by atoms with E-state index >= 15 is 0 Å². The quantitative estimate of drug-likeness (QED) is 0.723. The molecule has 0 radical (unpaired) electrons. The number of aromatic carboxylic acids is 2. The molecule has 2 N–H and O–H groups in total. The smallest absolute Gasteiger partial charge is 0.372 e. The van der Waals surface area contributed by atoms with Crippen molar-refractivity contribution in [2.75, 3.05) is 0 Å².